The molecule has 6 nitrogen and oxygen atoms in total. The van der Waals surface area contributed by atoms with Crippen LogP contribution in [0.4, 0.5) is 0 Å². The van der Waals surface area contributed by atoms with Gasteiger partial charge >= 0.3 is 0 Å². The molecule has 1 saturated heterocycles. The largest absolute Gasteiger partial charge is 0.384 e. The van der Waals surface area contributed by atoms with Gasteiger partial charge in [0.25, 0.3) is 0 Å². The van der Waals surface area contributed by atoms with Crippen molar-refractivity contribution >= 4 is 19.9 Å². The van der Waals surface area contributed by atoms with E-state index in [-0.39, 0.29) is 36.1 Å². The Morgan fingerprint density at radius 1 is 1.24 bits per heavy atom. The van der Waals surface area contributed by atoms with Crippen molar-refractivity contribution < 1.29 is 21.9 Å². The molecule has 1 aliphatic rings. The van der Waals surface area contributed by atoms with E-state index >= 15 is 0 Å². The van der Waals surface area contributed by atoms with E-state index in [1.54, 1.807) is 12.1 Å². The minimum absolute atomic E-state index is 0.0305. The van der Waals surface area contributed by atoms with Gasteiger partial charge in [-0.05, 0) is 18.2 Å². The molecule has 1 aromatic rings. The van der Waals surface area contributed by atoms with Crippen LogP contribution in [-0.4, -0.2) is 57.4 Å². The molecule has 1 aliphatic heterocycles. The van der Waals surface area contributed by atoms with Crippen LogP contribution in [0.5, 0.6) is 0 Å². The van der Waals surface area contributed by atoms with E-state index < -0.39 is 19.9 Å². The minimum atomic E-state index is -3.72. The van der Waals surface area contributed by atoms with Gasteiger partial charge in [0, 0.05) is 18.7 Å². The van der Waals surface area contributed by atoms with E-state index in [1.165, 1.54) is 16.4 Å². The van der Waals surface area contributed by atoms with Crippen LogP contribution in [0.1, 0.15) is 5.56 Å². The summed E-state index contributed by atoms with van der Waals surface area (Å²) in [4.78, 5) is 0.0755. The second kappa shape index (κ2) is 6.15. The lowest BCUT2D eigenvalue weighted by Gasteiger charge is -2.25. The average Bonchev–Trinajstić information content (AvgIpc) is 2.45. The number of hydrogen-bond donors (Lipinski definition) is 1. The highest BCUT2D eigenvalue weighted by atomic mass is 32.2. The molecule has 0 saturated carbocycles. The Morgan fingerprint density at radius 3 is 2.52 bits per heavy atom. The molecule has 114 valence electrons. The summed E-state index contributed by atoms with van der Waals surface area (Å²) in [7, 11) is -6.86. The molecule has 0 atom stereocenters. The molecule has 8 heteroatoms. The summed E-state index contributed by atoms with van der Waals surface area (Å²) in [6.45, 7) is -0.366. The van der Waals surface area contributed by atoms with Crippen molar-refractivity contribution in [1.82, 2.24) is 4.31 Å². The van der Waals surface area contributed by atoms with Crippen LogP contribution in [0.3, 0.4) is 0 Å². The van der Waals surface area contributed by atoms with E-state index in [4.69, 9.17) is 5.11 Å². The van der Waals surface area contributed by atoms with E-state index in [1.807, 2.05) is 0 Å². The zero-order chi connectivity index (χ0) is 15.5. The summed E-state index contributed by atoms with van der Waals surface area (Å²) in [5.41, 5.74) is 0.481. The molecule has 0 aliphatic carbocycles. The molecule has 1 fully saturated rings. The van der Waals surface area contributed by atoms with Crippen LogP contribution in [0.15, 0.2) is 29.2 Å². The highest BCUT2D eigenvalue weighted by Crippen LogP contribution is 2.19. The number of hydrogen-bond acceptors (Lipinski definition) is 5. The number of sulfone groups is 1. The first-order chi connectivity index (χ1) is 9.85. The van der Waals surface area contributed by atoms with Gasteiger partial charge < -0.3 is 5.11 Å². The van der Waals surface area contributed by atoms with Gasteiger partial charge in [-0.1, -0.05) is 17.9 Å². The number of aliphatic hydroxyl groups excluding tert-OH is 1. The zero-order valence-corrected chi connectivity index (χ0v) is 12.8. The Morgan fingerprint density at radius 2 is 1.90 bits per heavy atom. The van der Waals surface area contributed by atoms with Crippen molar-refractivity contribution in [3.05, 3.63) is 29.8 Å². The first-order valence-electron chi connectivity index (χ1n) is 6.25. The Bertz CT molecular complexity index is 773. The standard InChI is InChI=1S/C13H15NO5S2/c15-8-2-4-12-3-1-5-13(11-12)21(18,19)14-6-9-20(16,17)10-7-14/h1,3,5,11,15H,6-10H2. The number of aliphatic hydroxyl groups is 1. The van der Waals surface area contributed by atoms with Gasteiger partial charge in [0.2, 0.25) is 10.0 Å². The third-order valence-electron chi connectivity index (χ3n) is 3.09. The van der Waals surface area contributed by atoms with E-state index in [9.17, 15) is 16.8 Å². The number of sulfonamides is 1. The molecular formula is C13H15NO5S2. The number of nitrogens with zero attached hydrogens (tertiary/aromatic N) is 1. The van der Waals surface area contributed by atoms with Gasteiger partial charge in [0.05, 0.1) is 16.4 Å². The molecule has 21 heavy (non-hydrogen) atoms. The van der Waals surface area contributed by atoms with E-state index in [0.717, 1.165) is 0 Å². The molecule has 1 N–H and O–H groups in total. The van der Waals surface area contributed by atoms with Crippen LogP contribution in [0.25, 0.3) is 0 Å². The molecular weight excluding hydrogens is 314 g/mol. The molecule has 0 radical (unpaired) electrons. The zero-order valence-electron chi connectivity index (χ0n) is 11.2. The van der Waals surface area contributed by atoms with E-state index in [0.29, 0.717) is 5.56 Å². The molecule has 0 bridgehead atoms. The van der Waals surface area contributed by atoms with Crippen LogP contribution >= 0.6 is 0 Å². The average molecular weight is 329 g/mol. The highest BCUT2D eigenvalue weighted by molar-refractivity contribution is 7.92. The van der Waals surface area contributed by atoms with Crippen molar-refractivity contribution in [3.8, 4) is 11.8 Å². The first kappa shape index (κ1) is 16.0. The Labute approximate surface area is 124 Å². The number of rotatable bonds is 2. The van der Waals surface area contributed by atoms with Gasteiger partial charge in [-0.2, -0.15) is 4.31 Å². The summed E-state index contributed by atoms with van der Waals surface area (Å²) >= 11 is 0. The van der Waals surface area contributed by atoms with Crippen molar-refractivity contribution in [2.24, 2.45) is 0 Å². The Hall–Kier alpha value is -1.40. The summed E-state index contributed by atoms with van der Waals surface area (Å²) < 4.78 is 48.8. The summed E-state index contributed by atoms with van der Waals surface area (Å²) in [5, 5.41) is 8.65. The normalized spacial score (nSPS) is 18.7. The lowest BCUT2D eigenvalue weighted by atomic mass is 10.2. The second-order valence-corrected chi connectivity index (χ2v) is 8.79. The smallest absolute Gasteiger partial charge is 0.243 e. The fourth-order valence-corrected chi connectivity index (χ4v) is 4.88. The molecule has 0 unspecified atom stereocenters. The highest BCUT2D eigenvalue weighted by Gasteiger charge is 2.31. The molecule has 1 heterocycles. The fraction of sp³-hybridized carbons (Fsp3) is 0.385. The lowest BCUT2D eigenvalue weighted by molar-refractivity contribution is 0.350. The Balaban J connectivity index is 2.28. The third-order valence-corrected chi connectivity index (χ3v) is 6.59. The van der Waals surface area contributed by atoms with E-state index in [2.05, 4.69) is 11.8 Å². The maximum atomic E-state index is 12.5. The molecule has 0 spiro atoms. The van der Waals surface area contributed by atoms with Gasteiger partial charge in [0.1, 0.15) is 6.61 Å². The predicted molar refractivity (Wildman–Crippen MR) is 77.8 cm³/mol. The van der Waals surface area contributed by atoms with Crippen LogP contribution in [0.2, 0.25) is 0 Å². The van der Waals surface area contributed by atoms with Crippen molar-refractivity contribution in [3.63, 3.8) is 0 Å². The van der Waals surface area contributed by atoms with Crippen molar-refractivity contribution in [2.75, 3.05) is 31.2 Å². The summed E-state index contributed by atoms with van der Waals surface area (Å²) in [6, 6.07) is 6.07. The monoisotopic (exact) mass is 329 g/mol. The van der Waals surface area contributed by atoms with Crippen LogP contribution in [0, 0.1) is 11.8 Å². The second-order valence-electron chi connectivity index (χ2n) is 4.54. The SMILES string of the molecule is O=S1(=O)CCN(S(=O)(=O)c2cccc(C#CCO)c2)CC1. The minimum Gasteiger partial charge on any atom is -0.384 e. The Kier molecular flexibility index (Phi) is 4.68. The predicted octanol–water partition coefficient (Wildman–Crippen LogP) is -0.550. The lowest BCUT2D eigenvalue weighted by Crippen LogP contribution is -2.43. The quantitative estimate of drug-likeness (QED) is 0.735. The fourth-order valence-electron chi connectivity index (χ4n) is 1.96. The maximum absolute atomic E-state index is 12.5. The molecule has 1 aromatic carbocycles. The van der Waals surface area contributed by atoms with Crippen molar-refractivity contribution in [1.29, 1.82) is 0 Å². The van der Waals surface area contributed by atoms with Gasteiger partial charge in [-0.15, -0.1) is 0 Å². The molecule has 0 aromatic heterocycles. The van der Waals surface area contributed by atoms with Crippen LogP contribution < -0.4 is 0 Å². The maximum Gasteiger partial charge on any atom is 0.243 e. The molecule has 2 rings (SSSR count). The molecule has 0 amide bonds. The van der Waals surface area contributed by atoms with Gasteiger partial charge in [-0.3, -0.25) is 0 Å². The summed E-state index contributed by atoms with van der Waals surface area (Å²) in [5.74, 6) is 4.78. The van der Waals surface area contributed by atoms with Crippen molar-refractivity contribution in [2.45, 2.75) is 4.90 Å². The topological polar surface area (TPSA) is 91.8 Å². The van der Waals surface area contributed by atoms with Gasteiger partial charge in [0.15, 0.2) is 9.84 Å². The van der Waals surface area contributed by atoms with Gasteiger partial charge in [-0.25, -0.2) is 16.8 Å². The number of benzene rings is 1. The summed E-state index contributed by atoms with van der Waals surface area (Å²) in [6.07, 6.45) is 0. The van der Waals surface area contributed by atoms with Crippen LogP contribution in [-0.2, 0) is 19.9 Å². The third kappa shape index (κ3) is 3.83. The first-order valence-corrected chi connectivity index (χ1v) is 9.52.